The zero-order valence-corrected chi connectivity index (χ0v) is 19.6. The molecule has 1 N–H and O–H groups in total. The number of nitrogens with one attached hydrogen (secondary N) is 1. The van der Waals surface area contributed by atoms with Gasteiger partial charge in [-0.2, -0.15) is 0 Å². The van der Waals surface area contributed by atoms with Gasteiger partial charge in [-0.15, -0.1) is 0 Å². The molecule has 7 heteroatoms. The van der Waals surface area contributed by atoms with Crippen LogP contribution in [0.4, 0.5) is 0 Å². The first-order chi connectivity index (χ1) is 14.9. The first kappa shape index (κ1) is 23.3. The molecule has 0 aliphatic carbocycles. The summed E-state index contributed by atoms with van der Waals surface area (Å²) in [4.78, 5) is 9.36. The van der Waals surface area contributed by atoms with Crippen molar-refractivity contribution < 1.29 is 8.42 Å². The maximum absolute atomic E-state index is 11.4. The Balaban J connectivity index is 1.52. The molecule has 1 atom stereocenters. The lowest BCUT2D eigenvalue weighted by Gasteiger charge is -2.40. The SMILES string of the molecule is CCC(c1ccccc1)N1CCN(C(=NC)NCc2ccc(CS(C)(=O)=O)cc2)CC1. The fourth-order valence-electron chi connectivity index (χ4n) is 4.19. The Morgan fingerprint density at radius 1 is 1.00 bits per heavy atom. The highest BCUT2D eigenvalue weighted by molar-refractivity contribution is 7.89. The number of guanidine groups is 1. The Morgan fingerprint density at radius 3 is 2.16 bits per heavy atom. The van der Waals surface area contributed by atoms with E-state index in [4.69, 9.17) is 0 Å². The maximum Gasteiger partial charge on any atom is 0.194 e. The Bertz CT molecular complexity index is 951. The molecule has 31 heavy (non-hydrogen) atoms. The number of piperazine rings is 1. The maximum atomic E-state index is 11.4. The van der Waals surface area contributed by atoms with Crippen molar-refractivity contribution in [2.45, 2.75) is 31.7 Å². The molecule has 2 aromatic carbocycles. The Kier molecular flexibility index (Phi) is 8.09. The Labute approximate surface area is 186 Å². The summed E-state index contributed by atoms with van der Waals surface area (Å²) in [5, 5.41) is 3.45. The topological polar surface area (TPSA) is 65.0 Å². The molecular formula is C24H34N4O2S. The van der Waals surface area contributed by atoms with Crippen LogP contribution in [0.3, 0.4) is 0 Å². The van der Waals surface area contributed by atoms with Gasteiger partial charge in [-0.3, -0.25) is 9.89 Å². The van der Waals surface area contributed by atoms with Gasteiger partial charge in [0.1, 0.15) is 0 Å². The zero-order valence-electron chi connectivity index (χ0n) is 18.8. The molecule has 1 aliphatic rings. The van der Waals surface area contributed by atoms with E-state index in [0.717, 1.165) is 49.7 Å². The van der Waals surface area contributed by atoms with Crippen LogP contribution in [0.5, 0.6) is 0 Å². The van der Waals surface area contributed by atoms with Crippen molar-refractivity contribution in [3.63, 3.8) is 0 Å². The summed E-state index contributed by atoms with van der Waals surface area (Å²) < 4.78 is 22.9. The average Bonchev–Trinajstić information content (AvgIpc) is 2.76. The van der Waals surface area contributed by atoms with E-state index in [2.05, 4.69) is 57.4 Å². The third kappa shape index (κ3) is 6.80. The molecule has 1 saturated heterocycles. The summed E-state index contributed by atoms with van der Waals surface area (Å²) in [6.07, 6.45) is 2.36. The van der Waals surface area contributed by atoms with Crippen molar-refractivity contribution in [2.24, 2.45) is 4.99 Å². The molecule has 0 spiro atoms. The molecule has 1 unspecified atom stereocenters. The molecule has 1 heterocycles. The third-order valence-corrected chi connectivity index (χ3v) is 6.60. The minimum Gasteiger partial charge on any atom is -0.352 e. The van der Waals surface area contributed by atoms with Crippen molar-refractivity contribution in [2.75, 3.05) is 39.5 Å². The second-order valence-corrected chi connectivity index (χ2v) is 10.3. The predicted molar refractivity (Wildman–Crippen MR) is 128 cm³/mol. The van der Waals surface area contributed by atoms with E-state index in [0.29, 0.717) is 12.6 Å². The van der Waals surface area contributed by atoms with Crippen LogP contribution in [-0.4, -0.2) is 63.7 Å². The van der Waals surface area contributed by atoms with Crippen LogP contribution in [-0.2, 0) is 22.1 Å². The number of hydrogen-bond acceptors (Lipinski definition) is 4. The molecule has 2 aromatic rings. The van der Waals surface area contributed by atoms with Gasteiger partial charge in [0.15, 0.2) is 15.8 Å². The fourth-order valence-corrected chi connectivity index (χ4v) is 4.99. The molecule has 0 saturated carbocycles. The van der Waals surface area contributed by atoms with Gasteiger partial charge in [0.05, 0.1) is 5.75 Å². The summed E-state index contributed by atoms with van der Waals surface area (Å²) in [6, 6.07) is 18.9. The molecule has 0 aromatic heterocycles. The van der Waals surface area contributed by atoms with Gasteiger partial charge in [0.25, 0.3) is 0 Å². The third-order valence-electron chi connectivity index (χ3n) is 5.74. The second-order valence-electron chi connectivity index (χ2n) is 8.15. The highest BCUT2D eigenvalue weighted by Gasteiger charge is 2.25. The smallest absolute Gasteiger partial charge is 0.194 e. The average molecular weight is 443 g/mol. The molecule has 0 bridgehead atoms. The summed E-state index contributed by atoms with van der Waals surface area (Å²) in [5.74, 6) is 0.988. The van der Waals surface area contributed by atoms with Crippen LogP contribution in [0.25, 0.3) is 0 Å². The van der Waals surface area contributed by atoms with Crippen LogP contribution in [0, 0.1) is 0 Å². The molecule has 1 fully saturated rings. The number of aliphatic imine (C=N–C) groups is 1. The van der Waals surface area contributed by atoms with Gasteiger partial charge in [-0.05, 0) is 23.1 Å². The number of nitrogens with zero attached hydrogens (tertiary/aromatic N) is 3. The molecule has 0 radical (unpaired) electrons. The Hall–Kier alpha value is -2.38. The van der Waals surface area contributed by atoms with Gasteiger partial charge >= 0.3 is 0 Å². The first-order valence-corrected chi connectivity index (χ1v) is 13.0. The highest BCUT2D eigenvalue weighted by atomic mass is 32.2. The molecule has 3 rings (SSSR count). The van der Waals surface area contributed by atoms with Crippen molar-refractivity contribution in [1.29, 1.82) is 0 Å². The number of sulfone groups is 1. The predicted octanol–water partition coefficient (Wildman–Crippen LogP) is 3.08. The zero-order chi connectivity index (χ0) is 22.3. The van der Waals surface area contributed by atoms with Crippen LogP contribution >= 0.6 is 0 Å². The van der Waals surface area contributed by atoms with E-state index >= 15 is 0 Å². The van der Waals surface area contributed by atoms with Crippen LogP contribution in [0.1, 0.15) is 36.1 Å². The molecule has 0 amide bonds. The molecule has 168 valence electrons. The largest absolute Gasteiger partial charge is 0.352 e. The first-order valence-electron chi connectivity index (χ1n) is 10.9. The molecule has 6 nitrogen and oxygen atoms in total. The number of hydrogen-bond donors (Lipinski definition) is 1. The van der Waals surface area contributed by atoms with Crippen LogP contribution < -0.4 is 5.32 Å². The summed E-state index contributed by atoms with van der Waals surface area (Å²) in [5.41, 5.74) is 3.31. The van der Waals surface area contributed by atoms with E-state index in [9.17, 15) is 8.42 Å². The highest BCUT2D eigenvalue weighted by Crippen LogP contribution is 2.25. The van der Waals surface area contributed by atoms with Crippen molar-refractivity contribution in [3.8, 4) is 0 Å². The minimum atomic E-state index is -3.01. The lowest BCUT2D eigenvalue weighted by Crippen LogP contribution is -2.52. The van der Waals surface area contributed by atoms with Crippen LogP contribution in [0.15, 0.2) is 59.6 Å². The van der Waals surface area contributed by atoms with Crippen molar-refractivity contribution >= 4 is 15.8 Å². The second kappa shape index (κ2) is 10.8. The minimum absolute atomic E-state index is 0.0778. The van der Waals surface area contributed by atoms with E-state index in [-0.39, 0.29) is 5.75 Å². The van der Waals surface area contributed by atoms with Crippen molar-refractivity contribution in [3.05, 3.63) is 71.3 Å². The Morgan fingerprint density at radius 2 is 1.61 bits per heavy atom. The van der Waals surface area contributed by atoms with E-state index in [1.54, 1.807) is 0 Å². The number of benzene rings is 2. The normalized spacial score (nSPS) is 16.9. The lowest BCUT2D eigenvalue weighted by molar-refractivity contribution is 0.127. The van der Waals surface area contributed by atoms with Gasteiger partial charge < -0.3 is 10.2 Å². The molecular weight excluding hydrogens is 408 g/mol. The fraction of sp³-hybridized carbons (Fsp3) is 0.458. The number of rotatable bonds is 7. The summed E-state index contributed by atoms with van der Waals surface area (Å²) in [6.45, 7) is 6.81. The van der Waals surface area contributed by atoms with Crippen LogP contribution in [0.2, 0.25) is 0 Å². The van der Waals surface area contributed by atoms with E-state index in [1.807, 2.05) is 31.3 Å². The monoisotopic (exact) mass is 442 g/mol. The van der Waals surface area contributed by atoms with E-state index < -0.39 is 9.84 Å². The van der Waals surface area contributed by atoms with E-state index in [1.165, 1.54) is 11.8 Å². The quantitative estimate of drug-likeness (QED) is 0.527. The van der Waals surface area contributed by atoms with Crippen molar-refractivity contribution in [1.82, 2.24) is 15.1 Å². The molecule has 1 aliphatic heterocycles. The van der Waals surface area contributed by atoms with Gasteiger partial charge in [0.2, 0.25) is 0 Å². The van der Waals surface area contributed by atoms with Gasteiger partial charge in [-0.1, -0.05) is 61.5 Å². The summed E-state index contributed by atoms with van der Waals surface area (Å²) >= 11 is 0. The summed E-state index contributed by atoms with van der Waals surface area (Å²) in [7, 11) is -1.19. The van der Waals surface area contributed by atoms with Gasteiger partial charge in [0, 0.05) is 52.1 Å². The standard InChI is InChI=1S/C24H34N4O2S/c1-4-23(22-8-6-5-7-9-22)27-14-16-28(17-15-27)24(25-2)26-18-20-10-12-21(13-11-20)19-31(3,29)30/h5-13,23H,4,14-19H2,1-3H3,(H,25,26). The van der Waals surface area contributed by atoms with Gasteiger partial charge in [-0.25, -0.2) is 8.42 Å². The lowest BCUT2D eigenvalue weighted by atomic mass is 10.0.